The fraction of sp³-hybridized carbons (Fsp3) is 0.368. The van der Waals surface area contributed by atoms with Crippen LogP contribution in [-0.4, -0.2) is 25.2 Å². The Kier molecular flexibility index (Phi) is 12.3. The van der Waals surface area contributed by atoms with Crippen molar-refractivity contribution in [2.75, 3.05) is 13.2 Å². The second kappa shape index (κ2) is 15.9. The third-order valence-electron chi connectivity index (χ3n) is 7.59. The van der Waals surface area contributed by atoms with Crippen LogP contribution in [0.4, 0.5) is 0 Å². The van der Waals surface area contributed by atoms with Crippen LogP contribution < -0.4 is 0 Å². The zero-order valence-corrected chi connectivity index (χ0v) is 26.1. The van der Waals surface area contributed by atoms with Gasteiger partial charge in [-0.2, -0.15) is 0 Å². The molecule has 0 aliphatic rings. The molecule has 4 nitrogen and oxygen atoms in total. The molecule has 42 heavy (non-hydrogen) atoms. The van der Waals surface area contributed by atoms with Gasteiger partial charge in [-0.25, -0.2) is 9.59 Å². The van der Waals surface area contributed by atoms with Crippen molar-refractivity contribution in [3.8, 4) is 22.3 Å². The van der Waals surface area contributed by atoms with E-state index >= 15 is 0 Å². The highest BCUT2D eigenvalue weighted by atomic mass is 16.5. The molecular weight excluding hydrogens is 520 g/mol. The van der Waals surface area contributed by atoms with Gasteiger partial charge in [-0.05, 0) is 109 Å². The first-order valence-corrected chi connectivity index (χ1v) is 15.1. The van der Waals surface area contributed by atoms with Crippen molar-refractivity contribution in [2.24, 2.45) is 0 Å². The molecule has 3 aromatic rings. The Hall–Kier alpha value is -3.92. The number of carbonyl (C=O) groups excluding carboxylic acids is 2. The summed E-state index contributed by atoms with van der Waals surface area (Å²) < 4.78 is 10.7. The van der Waals surface area contributed by atoms with Crippen LogP contribution in [0.5, 0.6) is 0 Å². The average Bonchev–Trinajstić information content (AvgIpc) is 2.98. The summed E-state index contributed by atoms with van der Waals surface area (Å²) in [5.41, 5.74) is 12.1. The number of ether oxygens (including phenoxy) is 2. The lowest BCUT2D eigenvalue weighted by molar-refractivity contribution is -0.139. The minimum absolute atomic E-state index is 0.349. The topological polar surface area (TPSA) is 52.6 Å². The summed E-state index contributed by atoms with van der Waals surface area (Å²) in [6.07, 6.45) is 6.22. The van der Waals surface area contributed by atoms with Gasteiger partial charge < -0.3 is 9.47 Å². The standard InChI is InChI=1S/C38H46O4/c1-8-12-29-15-17-31(18-16-29)34-19-20-36(30(9-2)23-34)35-24-32(13-10-21-41-37(39)26(3)4)28(7)33(25-35)14-11-22-42-38(40)27(5)6/h15-20,23-25H,3,5,8-14,21-22H2,1-2,4,6-7H3. The predicted octanol–water partition coefficient (Wildman–Crippen LogP) is 8.95. The van der Waals surface area contributed by atoms with E-state index < -0.39 is 0 Å². The van der Waals surface area contributed by atoms with E-state index in [0.717, 1.165) is 44.9 Å². The molecular formula is C38H46O4. The van der Waals surface area contributed by atoms with Crippen LogP contribution in [-0.2, 0) is 44.7 Å². The van der Waals surface area contributed by atoms with Crippen molar-refractivity contribution in [3.63, 3.8) is 0 Å². The van der Waals surface area contributed by atoms with Gasteiger partial charge >= 0.3 is 11.9 Å². The van der Waals surface area contributed by atoms with Gasteiger partial charge in [-0.1, -0.05) is 88.0 Å². The predicted molar refractivity (Wildman–Crippen MR) is 174 cm³/mol. The molecule has 0 bridgehead atoms. The molecule has 0 spiro atoms. The van der Waals surface area contributed by atoms with E-state index in [2.05, 4.69) is 88.5 Å². The summed E-state index contributed by atoms with van der Waals surface area (Å²) in [4.78, 5) is 23.7. The van der Waals surface area contributed by atoms with Crippen LogP contribution in [0.2, 0.25) is 0 Å². The molecule has 0 aliphatic carbocycles. The number of aryl methyl sites for hydroxylation is 4. The summed E-state index contributed by atoms with van der Waals surface area (Å²) in [5, 5.41) is 0. The summed E-state index contributed by atoms with van der Waals surface area (Å²) >= 11 is 0. The Morgan fingerprint density at radius 2 is 1.17 bits per heavy atom. The van der Waals surface area contributed by atoms with Crippen molar-refractivity contribution in [1.82, 2.24) is 0 Å². The number of benzene rings is 3. The van der Waals surface area contributed by atoms with Crippen LogP contribution in [0.15, 0.2) is 78.9 Å². The second-order valence-corrected chi connectivity index (χ2v) is 11.1. The zero-order chi connectivity index (χ0) is 30.6. The molecule has 222 valence electrons. The highest BCUT2D eigenvalue weighted by Gasteiger charge is 2.14. The minimum Gasteiger partial charge on any atom is -0.462 e. The number of esters is 2. The summed E-state index contributed by atoms with van der Waals surface area (Å²) in [6, 6.07) is 20.3. The van der Waals surface area contributed by atoms with Crippen LogP contribution in [0.1, 0.15) is 74.8 Å². The molecule has 0 heterocycles. The summed E-state index contributed by atoms with van der Waals surface area (Å²) in [6.45, 7) is 17.9. The molecule has 0 unspecified atom stereocenters. The third-order valence-corrected chi connectivity index (χ3v) is 7.59. The lowest BCUT2D eigenvalue weighted by Crippen LogP contribution is -2.08. The van der Waals surface area contributed by atoms with Gasteiger partial charge in [0.15, 0.2) is 0 Å². The van der Waals surface area contributed by atoms with E-state index in [1.54, 1.807) is 13.8 Å². The monoisotopic (exact) mass is 566 g/mol. The molecule has 0 saturated heterocycles. The molecule has 3 rings (SSSR count). The second-order valence-electron chi connectivity index (χ2n) is 11.1. The van der Waals surface area contributed by atoms with E-state index in [-0.39, 0.29) is 11.9 Å². The maximum atomic E-state index is 11.8. The average molecular weight is 567 g/mol. The molecule has 3 aromatic carbocycles. The van der Waals surface area contributed by atoms with Crippen LogP contribution in [0, 0.1) is 6.92 Å². The molecule has 0 saturated carbocycles. The van der Waals surface area contributed by atoms with Gasteiger partial charge in [0.25, 0.3) is 0 Å². The number of hydrogen-bond acceptors (Lipinski definition) is 4. The van der Waals surface area contributed by atoms with Gasteiger partial charge in [-0.3, -0.25) is 0 Å². The molecule has 0 amide bonds. The summed E-state index contributed by atoms with van der Waals surface area (Å²) in [7, 11) is 0. The van der Waals surface area contributed by atoms with E-state index in [1.165, 1.54) is 50.1 Å². The first-order chi connectivity index (χ1) is 20.1. The number of rotatable bonds is 15. The van der Waals surface area contributed by atoms with E-state index in [0.29, 0.717) is 24.4 Å². The lowest BCUT2D eigenvalue weighted by atomic mass is 9.88. The van der Waals surface area contributed by atoms with Crippen molar-refractivity contribution in [1.29, 1.82) is 0 Å². The first-order valence-electron chi connectivity index (χ1n) is 15.1. The molecule has 0 aliphatic heterocycles. The normalized spacial score (nSPS) is 10.8. The molecule has 0 atom stereocenters. The van der Waals surface area contributed by atoms with Crippen molar-refractivity contribution in [3.05, 3.63) is 107 Å². The highest BCUT2D eigenvalue weighted by molar-refractivity contribution is 5.87. The minimum atomic E-state index is -0.349. The lowest BCUT2D eigenvalue weighted by Gasteiger charge is -2.18. The molecule has 4 heteroatoms. The van der Waals surface area contributed by atoms with E-state index in [4.69, 9.17) is 9.47 Å². The quantitative estimate of drug-likeness (QED) is 0.105. The Morgan fingerprint density at radius 1 is 0.667 bits per heavy atom. The molecule has 0 radical (unpaired) electrons. The van der Waals surface area contributed by atoms with Gasteiger partial charge in [0.2, 0.25) is 0 Å². The largest absolute Gasteiger partial charge is 0.462 e. The van der Waals surface area contributed by atoms with Crippen molar-refractivity contribution >= 4 is 11.9 Å². The van der Waals surface area contributed by atoms with Gasteiger partial charge in [0.1, 0.15) is 0 Å². The highest BCUT2D eigenvalue weighted by Crippen LogP contribution is 2.33. The fourth-order valence-corrected chi connectivity index (χ4v) is 5.12. The third kappa shape index (κ3) is 9.04. The van der Waals surface area contributed by atoms with Gasteiger partial charge in [0.05, 0.1) is 13.2 Å². The van der Waals surface area contributed by atoms with Crippen LogP contribution >= 0.6 is 0 Å². The molecule has 0 aromatic heterocycles. The van der Waals surface area contributed by atoms with E-state index in [9.17, 15) is 9.59 Å². The fourth-order valence-electron chi connectivity index (χ4n) is 5.12. The van der Waals surface area contributed by atoms with Crippen molar-refractivity contribution < 1.29 is 19.1 Å². The van der Waals surface area contributed by atoms with E-state index in [1.807, 2.05) is 0 Å². The number of carbonyl (C=O) groups is 2. The number of hydrogen-bond donors (Lipinski definition) is 0. The van der Waals surface area contributed by atoms with Gasteiger partial charge in [0, 0.05) is 11.1 Å². The molecule has 0 N–H and O–H groups in total. The Morgan fingerprint density at radius 3 is 1.64 bits per heavy atom. The van der Waals surface area contributed by atoms with Crippen LogP contribution in [0.25, 0.3) is 22.3 Å². The zero-order valence-electron chi connectivity index (χ0n) is 26.1. The Bertz CT molecular complexity index is 1360. The smallest absolute Gasteiger partial charge is 0.333 e. The molecule has 0 fully saturated rings. The maximum Gasteiger partial charge on any atom is 0.333 e. The Balaban J connectivity index is 1.90. The Labute approximate surface area is 252 Å². The summed E-state index contributed by atoms with van der Waals surface area (Å²) in [5.74, 6) is -0.698. The van der Waals surface area contributed by atoms with Crippen molar-refractivity contribution in [2.45, 2.75) is 79.6 Å². The first kappa shape index (κ1) is 32.6. The van der Waals surface area contributed by atoms with Gasteiger partial charge in [-0.15, -0.1) is 0 Å². The maximum absolute atomic E-state index is 11.8. The van der Waals surface area contributed by atoms with Crippen LogP contribution in [0.3, 0.4) is 0 Å². The SMILES string of the molecule is C=C(C)C(=O)OCCCc1cc(-c2ccc(-c3ccc(CCC)cc3)cc2CC)cc(CCCOC(=O)C(=C)C)c1C.